The molecule has 30 heavy (non-hydrogen) atoms. The van der Waals surface area contributed by atoms with Crippen molar-refractivity contribution in [3.8, 4) is 5.75 Å². The number of pyridine rings is 1. The van der Waals surface area contributed by atoms with Crippen molar-refractivity contribution < 1.29 is 19.0 Å². The van der Waals surface area contributed by atoms with Gasteiger partial charge in [0.1, 0.15) is 17.9 Å². The van der Waals surface area contributed by atoms with Gasteiger partial charge in [-0.3, -0.25) is 4.79 Å². The van der Waals surface area contributed by atoms with E-state index in [1.807, 2.05) is 0 Å². The minimum atomic E-state index is -0.452. The average Bonchev–Trinajstić information content (AvgIpc) is 2.99. The zero-order valence-corrected chi connectivity index (χ0v) is 18.7. The van der Waals surface area contributed by atoms with Gasteiger partial charge in [-0.1, -0.05) is 26.7 Å². The Labute approximate surface area is 179 Å². The molecule has 0 bridgehead atoms. The van der Waals surface area contributed by atoms with Crippen molar-refractivity contribution in [2.75, 3.05) is 40.0 Å². The van der Waals surface area contributed by atoms with Gasteiger partial charge in [0.2, 0.25) is 0 Å². The Balaban J connectivity index is 1.83. The largest absolute Gasteiger partial charge is 0.490 e. The van der Waals surface area contributed by atoms with Crippen LogP contribution >= 0.6 is 0 Å². The van der Waals surface area contributed by atoms with Crippen LogP contribution in [0.25, 0.3) is 0 Å². The van der Waals surface area contributed by atoms with Gasteiger partial charge in [-0.25, -0.2) is 4.79 Å². The van der Waals surface area contributed by atoms with E-state index in [1.165, 1.54) is 13.2 Å². The summed E-state index contributed by atoms with van der Waals surface area (Å²) in [7, 11) is 1.37. The molecule has 0 spiro atoms. The van der Waals surface area contributed by atoms with Crippen molar-refractivity contribution in [1.82, 2.24) is 9.47 Å². The summed E-state index contributed by atoms with van der Waals surface area (Å²) in [6.07, 6.45) is 6.03. The molecule has 0 aliphatic carbocycles. The zero-order chi connectivity index (χ0) is 21.5. The quantitative estimate of drug-likeness (QED) is 0.603. The monoisotopic (exact) mass is 420 g/mol. The number of esters is 1. The van der Waals surface area contributed by atoms with Gasteiger partial charge in [-0.2, -0.15) is 0 Å². The summed E-state index contributed by atoms with van der Waals surface area (Å²) < 4.78 is 18.5. The van der Waals surface area contributed by atoms with E-state index in [2.05, 4.69) is 18.7 Å². The van der Waals surface area contributed by atoms with Gasteiger partial charge in [0.05, 0.1) is 13.2 Å². The molecule has 3 heterocycles. The van der Waals surface area contributed by atoms with Crippen molar-refractivity contribution in [2.45, 2.75) is 65.0 Å². The van der Waals surface area contributed by atoms with E-state index in [0.717, 1.165) is 64.0 Å². The number of hydrogen-bond donors (Lipinski definition) is 0. The van der Waals surface area contributed by atoms with Gasteiger partial charge in [-0.05, 0) is 25.2 Å². The van der Waals surface area contributed by atoms with Crippen molar-refractivity contribution in [2.24, 2.45) is 5.92 Å². The highest BCUT2D eigenvalue weighted by atomic mass is 16.5. The van der Waals surface area contributed by atoms with Crippen molar-refractivity contribution in [3.05, 3.63) is 27.7 Å². The van der Waals surface area contributed by atoms with Crippen LogP contribution in [-0.4, -0.2) is 61.5 Å². The van der Waals surface area contributed by atoms with Gasteiger partial charge in [0, 0.05) is 51.0 Å². The standard InChI is InChI=1S/C23H36N2O5/c1-4-17(5-2)15-24-10-9-19-22(23(27)28-3)20(14-21(26)25(19)12-11-24)30-16-18-8-6-7-13-29-18/h14,17-18H,4-13,15-16H2,1-3H3/t18-/m1/s1. The number of carbonyl (C=O) groups is 1. The maximum Gasteiger partial charge on any atom is 0.343 e. The number of methoxy groups -OCH3 is 1. The first kappa shape index (κ1) is 22.8. The van der Waals surface area contributed by atoms with Crippen LogP contribution in [0.1, 0.15) is 62.0 Å². The van der Waals surface area contributed by atoms with Gasteiger partial charge in [-0.15, -0.1) is 0 Å². The highest BCUT2D eigenvalue weighted by molar-refractivity contribution is 5.93. The third-order valence-electron chi connectivity index (χ3n) is 6.45. The number of fused-ring (bicyclic) bond motifs is 1. The number of carbonyl (C=O) groups excluding carboxylic acids is 1. The van der Waals surface area contributed by atoms with Crippen molar-refractivity contribution in [1.29, 1.82) is 0 Å². The van der Waals surface area contributed by atoms with Gasteiger partial charge in [0.15, 0.2) is 0 Å². The van der Waals surface area contributed by atoms with Gasteiger partial charge >= 0.3 is 5.97 Å². The summed E-state index contributed by atoms with van der Waals surface area (Å²) in [5.74, 6) is 0.518. The minimum absolute atomic E-state index is 0.00123. The highest BCUT2D eigenvalue weighted by Gasteiger charge is 2.27. The molecule has 0 radical (unpaired) electrons. The summed E-state index contributed by atoms with van der Waals surface area (Å²) in [6, 6.07) is 1.44. The molecule has 2 aliphatic heterocycles. The number of aromatic nitrogens is 1. The van der Waals surface area contributed by atoms with Crippen LogP contribution in [0.2, 0.25) is 0 Å². The lowest BCUT2D eigenvalue weighted by Crippen LogP contribution is -2.32. The molecule has 2 aliphatic rings. The lowest BCUT2D eigenvalue weighted by molar-refractivity contribution is -0.0114. The van der Waals surface area contributed by atoms with Crippen LogP contribution in [0.15, 0.2) is 10.9 Å². The molecule has 0 N–H and O–H groups in total. The molecule has 1 atom stereocenters. The van der Waals surface area contributed by atoms with E-state index in [-0.39, 0.29) is 11.7 Å². The first-order valence-electron chi connectivity index (χ1n) is 11.4. The summed E-state index contributed by atoms with van der Waals surface area (Å²) >= 11 is 0. The summed E-state index contributed by atoms with van der Waals surface area (Å²) in [6.45, 7) is 8.73. The smallest absolute Gasteiger partial charge is 0.343 e. The first-order valence-corrected chi connectivity index (χ1v) is 11.4. The molecule has 7 nitrogen and oxygen atoms in total. The molecule has 1 aromatic heterocycles. The molecule has 0 amide bonds. The van der Waals surface area contributed by atoms with E-state index in [0.29, 0.717) is 36.8 Å². The predicted octanol–water partition coefficient (Wildman–Crippen LogP) is 2.88. The SMILES string of the molecule is CCC(CC)CN1CCc2c(C(=O)OC)c(OC[C@H]3CCCCO3)cc(=O)n2CC1. The molecule has 7 heteroatoms. The van der Waals surface area contributed by atoms with E-state index < -0.39 is 5.97 Å². The maximum absolute atomic E-state index is 12.9. The van der Waals surface area contributed by atoms with Crippen molar-refractivity contribution in [3.63, 3.8) is 0 Å². The molecule has 3 rings (SSSR count). The second-order valence-electron chi connectivity index (χ2n) is 8.34. The molecular weight excluding hydrogens is 384 g/mol. The third kappa shape index (κ3) is 5.43. The second-order valence-corrected chi connectivity index (χ2v) is 8.34. The van der Waals surface area contributed by atoms with Crippen LogP contribution in [0.4, 0.5) is 0 Å². The van der Waals surface area contributed by atoms with E-state index in [9.17, 15) is 9.59 Å². The molecule has 0 unspecified atom stereocenters. The Morgan fingerprint density at radius 1 is 1.23 bits per heavy atom. The average molecular weight is 421 g/mol. The van der Waals surface area contributed by atoms with Crippen LogP contribution < -0.4 is 10.3 Å². The normalized spacial score (nSPS) is 19.9. The lowest BCUT2D eigenvalue weighted by Gasteiger charge is -2.24. The number of ether oxygens (including phenoxy) is 3. The van der Waals surface area contributed by atoms with Crippen LogP contribution in [0.3, 0.4) is 0 Å². The second kappa shape index (κ2) is 11.0. The minimum Gasteiger partial charge on any atom is -0.490 e. The molecular formula is C23H36N2O5. The van der Waals surface area contributed by atoms with Crippen LogP contribution in [0, 0.1) is 5.92 Å². The maximum atomic E-state index is 12.9. The Bertz CT molecular complexity index is 766. The molecule has 1 aromatic rings. The fourth-order valence-corrected chi connectivity index (χ4v) is 4.45. The fourth-order valence-electron chi connectivity index (χ4n) is 4.45. The van der Waals surface area contributed by atoms with E-state index >= 15 is 0 Å². The van der Waals surface area contributed by atoms with Crippen molar-refractivity contribution >= 4 is 5.97 Å². The van der Waals surface area contributed by atoms with E-state index in [1.54, 1.807) is 4.57 Å². The topological polar surface area (TPSA) is 70.0 Å². The van der Waals surface area contributed by atoms with E-state index in [4.69, 9.17) is 14.2 Å². The summed E-state index contributed by atoms with van der Waals surface area (Å²) in [5, 5.41) is 0. The van der Waals surface area contributed by atoms with Gasteiger partial charge in [0.25, 0.3) is 5.56 Å². The highest BCUT2D eigenvalue weighted by Crippen LogP contribution is 2.25. The molecule has 1 saturated heterocycles. The fraction of sp³-hybridized carbons (Fsp3) is 0.739. The number of rotatable bonds is 8. The molecule has 1 fully saturated rings. The summed E-state index contributed by atoms with van der Waals surface area (Å²) in [5.41, 5.74) is 0.986. The Hall–Kier alpha value is -1.86. The molecule has 0 aromatic carbocycles. The Morgan fingerprint density at radius 2 is 2.03 bits per heavy atom. The van der Waals surface area contributed by atoms with Crippen LogP contribution in [0.5, 0.6) is 5.75 Å². The Morgan fingerprint density at radius 3 is 2.70 bits per heavy atom. The molecule has 0 saturated carbocycles. The van der Waals surface area contributed by atoms with Crippen LogP contribution in [-0.2, 0) is 22.4 Å². The third-order valence-corrected chi connectivity index (χ3v) is 6.45. The Kier molecular flexibility index (Phi) is 8.33. The first-order chi connectivity index (χ1) is 14.6. The zero-order valence-electron chi connectivity index (χ0n) is 18.7. The number of hydrogen-bond acceptors (Lipinski definition) is 6. The predicted molar refractivity (Wildman–Crippen MR) is 115 cm³/mol. The summed E-state index contributed by atoms with van der Waals surface area (Å²) in [4.78, 5) is 27.9. The van der Waals surface area contributed by atoms with Gasteiger partial charge < -0.3 is 23.7 Å². The number of nitrogens with zero attached hydrogens (tertiary/aromatic N) is 2. The lowest BCUT2D eigenvalue weighted by atomic mass is 10.0. The molecule has 168 valence electrons.